The first-order valence-electron chi connectivity index (χ1n) is 9.14. The number of hydrogen-bond donors (Lipinski definition) is 0. The number of nitrogens with zero attached hydrogens (tertiary/aromatic N) is 3. The Morgan fingerprint density at radius 2 is 1.72 bits per heavy atom. The van der Waals surface area contributed by atoms with E-state index in [-0.39, 0.29) is 40.5 Å². The Morgan fingerprint density at radius 1 is 1.10 bits per heavy atom. The highest BCUT2D eigenvalue weighted by Crippen LogP contribution is 2.31. The van der Waals surface area contributed by atoms with Crippen LogP contribution < -0.4 is 0 Å². The second-order valence-electron chi connectivity index (χ2n) is 6.99. The molecule has 1 aliphatic heterocycles. The molecule has 10 heteroatoms. The van der Waals surface area contributed by atoms with Crippen LogP contribution in [0.1, 0.15) is 11.5 Å². The summed E-state index contributed by atoms with van der Waals surface area (Å²) < 4.78 is 32.7. The maximum atomic E-state index is 12.9. The van der Waals surface area contributed by atoms with Gasteiger partial charge in [-0.2, -0.15) is 4.31 Å². The molecule has 0 N–H and O–H groups in total. The summed E-state index contributed by atoms with van der Waals surface area (Å²) in [5.74, 6) is 1.48. The third kappa shape index (κ3) is 5.13. The molecule has 1 fully saturated rings. The SMILES string of the molecule is Cc1ccc(CN(C)C(=O)CN2CCN(S(=O)(=O)c3c(Cl)cccc3Cl)CC2)o1. The number of carbonyl (C=O) groups excluding carboxylic acids is 1. The Bertz CT molecular complexity index is 965. The topological polar surface area (TPSA) is 74.1 Å². The number of benzene rings is 1. The van der Waals surface area contributed by atoms with Crippen molar-refractivity contribution in [1.82, 2.24) is 14.1 Å². The van der Waals surface area contributed by atoms with Gasteiger partial charge in [-0.3, -0.25) is 9.69 Å². The normalized spacial score (nSPS) is 16.1. The van der Waals surface area contributed by atoms with E-state index in [0.717, 1.165) is 11.5 Å². The molecule has 0 spiro atoms. The van der Waals surface area contributed by atoms with Crippen molar-refractivity contribution in [2.75, 3.05) is 39.8 Å². The fraction of sp³-hybridized carbons (Fsp3) is 0.421. The largest absolute Gasteiger partial charge is 0.464 e. The van der Waals surface area contributed by atoms with E-state index in [1.807, 2.05) is 24.0 Å². The molecule has 7 nitrogen and oxygen atoms in total. The van der Waals surface area contributed by atoms with E-state index in [4.69, 9.17) is 27.6 Å². The number of carbonyl (C=O) groups is 1. The molecular weight excluding hydrogens is 437 g/mol. The van der Waals surface area contributed by atoms with Gasteiger partial charge in [0.25, 0.3) is 0 Å². The van der Waals surface area contributed by atoms with Crippen LogP contribution in [0.2, 0.25) is 10.0 Å². The van der Waals surface area contributed by atoms with Crippen molar-refractivity contribution >= 4 is 39.1 Å². The molecule has 0 saturated carbocycles. The minimum Gasteiger partial charge on any atom is -0.464 e. The van der Waals surface area contributed by atoms with E-state index in [2.05, 4.69) is 0 Å². The summed E-state index contributed by atoms with van der Waals surface area (Å²) in [4.78, 5) is 16.0. The van der Waals surface area contributed by atoms with Crippen molar-refractivity contribution in [3.8, 4) is 0 Å². The molecule has 29 heavy (non-hydrogen) atoms. The lowest BCUT2D eigenvalue weighted by Crippen LogP contribution is -2.51. The molecule has 0 atom stereocenters. The van der Waals surface area contributed by atoms with Gasteiger partial charge in [0.15, 0.2) is 0 Å². The van der Waals surface area contributed by atoms with Gasteiger partial charge in [0, 0.05) is 33.2 Å². The van der Waals surface area contributed by atoms with Gasteiger partial charge in [0.1, 0.15) is 16.4 Å². The van der Waals surface area contributed by atoms with Gasteiger partial charge < -0.3 is 9.32 Å². The molecule has 2 heterocycles. The van der Waals surface area contributed by atoms with Gasteiger partial charge in [-0.05, 0) is 31.2 Å². The maximum absolute atomic E-state index is 12.9. The van der Waals surface area contributed by atoms with Crippen molar-refractivity contribution in [2.45, 2.75) is 18.4 Å². The van der Waals surface area contributed by atoms with Crippen LogP contribution in [0.5, 0.6) is 0 Å². The number of rotatable bonds is 6. The number of piperazine rings is 1. The smallest absolute Gasteiger partial charge is 0.246 e. The molecular formula is C19H23Cl2N3O4S. The van der Waals surface area contributed by atoms with Gasteiger partial charge in [0.2, 0.25) is 15.9 Å². The Hall–Kier alpha value is -1.58. The number of furan rings is 1. The maximum Gasteiger partial charge on any atom is 0.246 e. The van der Waals surface area contributed by atoms with Crippen molar-refractivity contribution < 1.29 is 17.6 Å². The van der Waals surface area contributed by atoms with Crippen LogP contribution in [0.3, 0.4) is 0 Å². The first-order valence-corrected chi connectivity index (χ1v) is 11.3. The molecule has 3 rings (SSSR count). The molecule has 0 bridgehead atoms. The molecule has 0 unspecified atom stereocenters. The van der Waals surface area contributed by atoms with Crippen molar-refractivity contribution in [3.63, 3.8) is 0 Å². The van der Waals surface area contributed by atoms with E-state index in [9.17, 15) is 13.2 Å². The first kappa shape index (κ1) is 22.1. The summed E-state index contributed by atoms with van der Waals surface area (Å²) in [5, 5.41) is 0.204. The average molecular weight is 460 g/mol. The van der Waals surface area contributed by atoms with Crippen LogP contribution in [0.25, 0.3) is 0 Å². The molecule has 1 aromatic heterocycles. The van der Waals surface area contributed by atoms with Crippen molar-refractivity contribution in [1.29, 1.82) is 0 Å². The van der Waals surface area contributed by atoms with E-state index < -0.39 is 10.0 Å². The molecule has 1 aliphatic rings. The number of aryl methyl sites for hydroxylation is 1. The summed E-state index contributed by atoms with van der Waals surface area (Å²) in [5.41, 5.74) is 0. The lowest BCUT2D eigenvalue weighted by molar-refractivity contribution is -0.132. The van der Waals surface area contributed by atoms with Crippen LogP contribution >= 0.6 is 23.2 Å². The Labute approximate surface area is 180 Å². The zero-order chi connectivity index (χ0) is 21.2. The third-order valence-electron chi connectivity index (χ3n) is 4.82. The number of sulfonamides is 1. The molecule has 2 aromatic rings. The quantitative estimate of drug-likeness (QED) is 0.663. The van der Waals surface area contributed by atoms with Crippen LogP contribution in [0.4, 0.5) is 0 Å². The van der Waals surface area contributed by atoms with E-state index in [0.29, 0.717) is 19.6 Å². The summed E-state index contributed by atoms with van der Waals surface area (Å²) in [6.45, 7) is 3.88. The highest BCUT2D eigenvalue weighted by molar-refractivity contribution is 7.89. The average Bonchev–Trinajstić information content (AvgIpc) is 3.06. The zero-order valence-electron chi connectivity index (χ0n) is 16.3. The van der Waals surface area contributed by atoms with Crippen LogP contribution in [-0.2, 0) is 21.4 Å². The predicted molar refractivity (Wildman–Crippen MR) is 112 cm³/mol. The second-order valence-corrected chi connectivity index (χ2v) is 9.68. The van der Waals surface area contributed by atoms with Gasteiger partial charge in [-0.25, -0.2) is 8.42 Å². The molecule has 1 saturated heterocycles. The summed E-state index contributed by atoms with van der Waals surface area (Å²) in [7, 11) is -2.07. The number of halogens is 2. The summed E-state index contributed by atoms with van der Waals surface area (Å²) in [6, 6.07) is 8.33. The third-order valence-corrected chi connectivity index (χ3v) is 7.68. The fourth-order valence-corrected chi connectivity index (χ4v) is 5.70. The van der Waals surface area contributed by atoms with Crippen LogP contribution in [0.15, 0.2) is 39.6 Å². The monoisotopic (exact) mass is 459 g/mol. The molecule has 158 valence electrons. The highest BCUT2D eigenvalue weighted by atomic mass is 35.5. The van der Waals surface area contributed by atoms with E-state index >= 15 is 0 Å². The first-order chi connectivity index (χ1) is 13.7. The number of amides is 1. The van der Waals surface area contributed by atoms with Crippen LogP contribution in [0, 0.1) is 6.92 Å². The van der Waals surface area contributed by atoms with Gasteiger partial charge in [-0.1, -0.05) is 29.3 Å². The lowest BCUT2D eigenvalue weighted by Gasteiger charge is -2.34. The van der Waals surface area contributed by atoms with E-state index in [1.165, 1.54) is 16.4 Å². The summed E-state index contributed by atoms with van der Waals surface area (Å²) >= 11 is 12.2. The Kier molecular flexibility index (Phi) is 6.90. The molecule has 1 aromatic carbocycles. The minimum atomic E-state index is -3.79. The predicted octanol–water partition coefficient (Wildman–Crippen LogP) is 2.86. The number of likely N-dealkylation sites (N-methyl/N-ethyl adjacent to an activating group) is 1. The molecule has 1 amide bonds. The van der Waals surface area contributed by atoms with Crippen molar-refractivity contribution in [2.24, 2.45) is 0 Å². The fourth-order valence-electron chi connectivity index (χ4n) is 3.19. The standard InChI is InChI=1S/C19H23Cl2N3O4S/c1-14-6-7-15(28-14)12-22(2)18(25)13-23-8-10-24(11-9-23)29(26,27)19-16(20)4-3-5-17(19)21/h3-7H,8-13H2,1-2H3. The highest BCUT2D eigenvalue weighted by Gasteiger charge is 2.32. The van der Waals surface area contributed by atoms with Gasteiger partial charge in [0.05, 0.1) is 23.1 Å². The summed E-state index contributed by atoms with van der Waals surface area (Å²) in [6.07, 6.45) is 0. The van der Waals surface area contributed by atoms with Gasteiger partial charge >= 0.3 is 0 Å². The second kappa shape index (κ2) is 9.06. The van der Waals surface area contributed by atoms with Crippen LogP contribution in [-0.4, -0.2) is 68.2 Å². The van der Waals surface area contributed by atoms with E-state index in [1.54, 1.807) is 18.0 Å². The minimum absolute atomic E-state index is 0.0514. The molecule has 0 radical (unpaired) electrons. The lowest BCUT2D eigenvalue weighted by atomic mass is 10.3. The Balaban J connectivity index is 1.57. The Morgan fingerprint density at radius 3 is 2.28 bits per heavy atom. The number of hydrogen-bond acceptors (Lipinski definition) is 5. The van der Waals surface area contributed by atoms with Crippen molar-refractivity contribution in [3.05, 3.63) is 51.9 Å². The van der Waals surface area contributed by atoms with Gasteiger partial charge in [-0.15, -0.1) is 0 Å². The molecule has 0 aliphatic carbocycles. The zero-order valence-corrected chi connectivity index (χ0v) is 18.6.